The van der Waals surface area contributed by atoms with Crippen molar-refractivity contribution in [2.45, 2.75) is 52.6 Å². The molecular formula is C27H29N9O3. The van der Waals surface area contributed by atoms with Crippen molar-refractivity contribution in [3.8, 4) is 28.5 Å². The molecule has 12 heteroatoms. The third-order valence-corrected chi connectivity index (χ3v) is 6.52. The van der Waals surface area contributed by atoms with Crippen LogP contribution in [0, 0.1) is 0 Å². The predicted molar refractivity (Wildman–Crippen MR) is 144 cm³/mol. The quantitative estimate of drug-likeness (QED) is 0.279. The molecule has 4 aromatic heterocycles. The number of hydrogen-bond donors (Lipinski definition) is 2. The molecule has 0 fully saturated rings. The number of carboxylic acids is 1. The summed E-state index contributed by atoms with van der Waals surface area (Å²) in [4.78, 5) is 30.3. The molecule has 12 nitrogen and oxygen atoms in total. The zero-order valence-electron chi connectivity index (χ0n) is 21.9. The van der Waals surface area contributed by atoms with Gasteiger partial charge in [0, 0.05) is 35.3 Å². The first-order valence-electron chi connectivity index (χ1n) is 12.8. The van der Waals surface area contributed by atoms with Gasteiger partial charge in [0.25, 0.3) is 0 Å². The highest BCUT2D eigenvalue weighted by molar-refractivity contribution is 5.91. The average Bonchev–Trinajstić information content (AvgIpc) is 3.68. The van der Waals surface area contributed by atoms with E-state index in [1.165, 1.54) is 10.8 Å². The zero-order chi connectivity index (χ0) is 27.5. The first-order chi connectivity index (χ1) is 18.9. The number of hydrogen-bond acceptors (Lipinski definition) is 7. The molecule has 2 N–H and O–H groups in total. The number of imidazole rings is 1. The molecule has 5 rings (SSSR count). The third-order valence-electron chi connectivity index (χ3n) is 6.52. The molecule has 0 aliphatic carbocycles. The lowest BCUT2D eigenvalue weighted by atomic mass is 10.0. The number of aromatic nitrogens is 9. The second kappa shape index (κ2) is 10.9. The number of H-pyrrole nitrogens is 1. The van der Waals surface area contributed by atoms with Gasteiger partial charge in [-0.25, -0.2) is 14.3 Å². The van der Waals surface area contributed by atoms with Gasteiger partial charge in [-0.05, 0) is 43.5 Å². The molecular weight excluding hydrogens is 498 g/mol. The van der Waals surface area contributed by atoms with Gasteiger partial charge < -0.3 is 5.11 Å². The maximum Gasteiger partial charge on any atom is 0.341 e. The Morgan fingerprint density at radius 2 is 1.90 bits per heavy atom. The Morgan fingerprint density at radius 1 is 1.10 bits per heavy atom. The summed E-state index contributed by atoms with van der Waals surface area (Å²) >= 11 is 0. The van der Waals surface area contributed by atoms with Crippen molar-refractivity contribution in [3.63, 3.8) is 0 Å². The molecule has 5 aromatic rings. The highest BCUT2D eigenvalue weighted by Crippen LogP contribution is 2.28. The van der Waals surface area contributed by atoms with Crippen molar-refractivity contribution in [2.24, 2.45) is 0 Å². The number of unbranched alkanes of at least 4 members (excludes halogenated alkanes) is 1. The number of carboxylic acid groups (broad SMARTS) is 1. The monoisotopic (exact) mass is 527 g/mol. The fraction of sp³-hybridized carbons (Fsp3) is 0.296. The molecule has 0 spiro atoms. The summed E-state index contributed by atoms with van der Waals surface area (Å²) in [7, 11) is 0. The molecule has 0 amide bonds. The second-order valence-electron chi connectivity index (χ2n) is 9.52. The highest BCUT2D eigenvalue weighted by Gasteiger charge is 2.24. The normalized spacial score (nSPS) is 11.4. The average molecular weight is 528 g/mol. The van der Waals surface area contributed by atoms with Gasteiger partial charge in [0.05, 0.1) is 18.4 Å². The lowest BCUT2D eigenvalue weighted by Gasteiger charge is -2.11. The van der Waals surface area contributed by atoms with Crippen LogP contribution in [0.1, 0.15) is 61.3 Å². The van der Waals surface area contributed by atoms with E-state index in [1.54, 1.807) is 21.6 Å². The van der Waals surface area contributed by atoms with Crippen LogP contribution >= 0.6 is 0 Å². The van der Waals surface area contributed by atoms with E-state index in [2.05, 4.69) is 37.6 Å². The molecule has 0 unspecified atom stereocenters. The molecule has 0 aliphatic heterocycles. The molecule has 0 radical (unpaired) electrons. The lowest BCUT2D eigenvalue weighted by Crippen LogP contribution is -2.27. The highest BCUT2D eigenvalue weighted by atomic mass is 16.4. The minimum Gasteiger partial charge on any atom is -0.477 e. The maximum absolute atomic E-state index is 13.7. The summed E-state index contributed by atoms with van der Waals surface area (Å²) in [5.41, 5.74) is 3.72. The van der Waals surface area contributed by atoms with E-state index >= 15 is 0 Å². The summed E-state index contributed by atoms with van der Waals surface area (Å²) in [5.74, 6) is -0.399. The SMILES string of the molecule is CCCCc1cn(-c2c(C(=O)O)cnn2C(C)C)c(=O)n1Cc1ccc(-c2ccccc2-c2nn[nH]n2)nc1. The van der Waals surface area contributed by atoms with E-state index in [0.717, 1.165) is 40.9 Å². The van der Waals surface area contributed by atoms with Gasteiger partial charge >= 0.3 is 11.7 Å². The number of aryl methyl sites for hydroxylation is 1. The van der Waals surface area contributed by atoms with Crippen molar-refractivity contribution in [2.75, 3.05) is 0 Å². The van der Waals surface area contributed by atoms with E-state index in [0.29, 0.717) is 18.8 Å². The van der Waals surface area contributed by atoms with E-state index in [-0.39, 0.29) is 23.1 Å². The maximum atomic E-state index is 13.7. The smallest absolute Gasteiger partial charge is 0.341 e. The number of tetrazole rings is 1. The van der Waals surface area contributed by atoms with Crippen LogP contribution in [-0.4, -0.2) is 55.6 Å². The summed E-state index contributed by atoms with van der Waals surface area (Å²) in [6, 6.07) is 11.4. The predicted octanol–water partition coefficient (Wildman–Crippen LogP) is 3.75. The number of nitrogens with zero attached hydrogens (tertiary/aromatic N) is 8. The molecule has 4 heterocycles. The number of aromatic carboxylic acids is 1. The first-order valence-corrected chi connectivity index (χ1v) is 12.8. The first kappa shape index (κ1) is 25.8. The molecule has 0 saturated heterocycles. The minimum absolute atomic E-state index is 0.0173. The number of nitrogens with one attached hydrogen (secondary N) is 1. The van der Waals surface area contributed by atoms with Crippen LogP contribution < -0.4 is 5.69 Å². The van der Waals surface area contributed by atoms with Crippen LogP contribution in [-0.2, 0) is 13.0 Å². The number of rotatable bonds is 10. The van der Waals surface area contributed by atoms with Gasteiger partial charge in [-0.2, -0.15) is 10.3 Å². The molecule has 0 saturated carbocycles. The fourth-order valence-corrected chi connectivity index (χ4v) is 4.57. The topological polar surface area (TPSA) is 149 Å². The Balaban J connectivity index is 1.52. The Bertz CT molecular complexity index is 1640. The van der Waals surface area contributed by atoms with Gasteiger partial charge in [0.15, 0.2) is 5.82 Å². The Hall–Kier alpha value is -4.87. The van der Waals surface area contributed by atoms with Gasteiger partial charge in [-0.1, -0.05) is 43.7 Å². The molecule has 1 aromatic carbocycles. The Kier molecular flexibility index (Phi) is 7.17. The third kappa shape index (κ3) is 5.00. The van der Waals surface area contributed by atoms with Gasteiger partial charge in [-0.3, -0.25) is 14.1 Å². The minimum atomic E-state index is -1.13. The van der Waals surface area contributed by atoms with Crippen LogP contribution in [0.25, 0.3) is 28.5 Å². The molecule has 0 aliphatic rings. The van der Waals surface area contributed by atoms with Crippen LogP contribution in [0.2, 0.25) is 0 Å². The Morgan fingerprint density at radius 3 is 2.54 bits per heavy atom. The van der Waals surface area contributed by atoms with Crippen LogP contribution in [0.5, 0.6) is 0 Å². The van der Waals surface area contributed by atoms with E-state index in [9.17, 15) is 14.7 Å². The zero-order valence-corrected chi connectivity index (χ0v) is 21.9. The van der Waals surface area contributed by atoms with E-state index in [1.807, 2.05) is 50.2 Å². The largest absolute Gasteiger partial charge is 0.477 e. The van der Waals surface area contributed by atoms with Crippen LogP contribution in [0.15, 0.2) is 59.8 Å². The number of pyridine rings is 1. The van der Waals surface area contributed by atoms with Crippen molar-refractivity contribution < 1.29 is 9.90 Å². The summed E-state index contributed by atoms with van der Waals surface area (Å²) in [5, 5.41) is 28.3. The fourth-order valence-electron chi connectivity index (χ4n) is 4.57. The number of aromatic amines is 1. The van der Waals surface area contributed by atoms with Crippen molar-refractivity contribution in [3.05, 3.63) is 82.3 Å². The standard InChI is InChI=1S/C27H29N9O3/c1-4-5-8-19-16-35(25-22(26(37)38)14-29-36(25)17(2)3)27(39)34(19)15-18-11-12-23(28-13-18)20-9-6-7-10-21(20)24-30-32-33-31-24/h6-7,9-14,16-17H,4-5,8,15H2,1-3H3,(H,37,38)(H,30,31,32,33). The second-order valence-corrected chi connectivity index (χ2v) is 9.52. The van der Waals surface area contributed by atoms with Crippen LogP contribution in [0.3, 0.4) is 0 Å². The van der Waals surface area contributed by atoms with Gasteiger partial charge in [0.2, 0.25) is 5.82 Å². The van der Waals surface area contributed by atoms with Gasteiger partial charge in [-0.15, -0.1) is 10.2 Å². The van der Waals surface area contributed by atoms with Crippen molar-refractivity contribution >= 4 is 5.97 Å². The molecule has 0 atom stereocenters. The summed E-state index contributed by atoms with van der Waals surface area (Å²) < 4.78 is 4.66. The summed E-state index contributed by atoms with van der Waals surface area (Å²) in [6.45, 7) is 6.17. The number of benzene rings is 1. The van der Waals surface area contributed by atoms with Gasteiger partial charge in [0.1, 0.15) is 5.56 Å². The lowest BCUT2D eigenvalue weighted by molar-refractivity contribution is 0.0696. The van der Waals surface area contributed by atoms with Crippen molar-refractivity contribution in [1.29, 1.82) is 0 Å². The molecule has 200 valence electrons. The summed E-state index contributed by atoms with van der Waals surface area (Å²) in [6.07, 6.45) is 7.31. The van der Waals surface area contributed by atoms with E-state index < -0.39 is 5.97 Å². The Labute approximate surface area is 224 Å². The van der Waals surface area contributed by atoms with Crippen LogP contribution in [0.4, 0.5) is 0 Å². The number of carbonyl (C=O) groups is 1. The van der Waals surface area contributed by atoms with E-state index in [4.69, 9.17) is 0 Å². The molecule has 0 bridgehead atoms. The molecule has 39 heavy (non-hydrogen) atoms. The van der Waals surface area contributed by atoms with Crippen molar-refractivity contribution in [1.82, 2.24) is 44.5 Å².